The average Bonchev–Trinajstić information content (AvgIpc) is 2.82. The Balaban J connectivity index is 1.67. The Morgan fingerprint density at radius 2 is 1.53 bits per heavy atom. The number of phenols is 1. The number of carbonyl (C=O) groups excluding carboxylic acids is 1. The molecule has 0 saturated carbocycles. The molecule has 1 amide bonds. The number of nitrogens with one attached hydrogen (secondary N) is 1. The fourth-order valence-electron chi connectivity index (χ4n) is 3.87. The molecule has 0 saturated heterocycles. The van der Waals surface area contributed by atoms with Crippen LogP contribution in [-0.2, 0) is 6.42 Å². The first-order valence-corrected chi connectivity index (χ1v) is 10.3. The Kier molecular flexibility index (Phi) is 6.03. The first-order chi connectivity index (χ1) is 15.5. The molecule has 164 valence electrons. The van der Waals surface area contributed by atoms with Crippen LogP contribution in [0.2, 0.25) is 0 Å². The van der Waals surface area contributed by atoms with Crippen molar-refractivity contribution in [2.45, 2.75) is 6.42 Å². The first-order valence-electron chi connectivity index (χ1n) is 10.3. The Morgan fingerprint density at radius 1 is 0.812 bits per heavy atom. The highest BCUT2D eigenvalue weighted by Crippen LogP contribution is 2.38. The van der Waals surface area contributed by atoms with Crippen LogP contribution in [0.4, 0.5) is 0 Å². The van der Waals surface area contributed by atoms with Crippen LogP contribution in [0.5, 0.6) is 23.0 Å². The van der Waals surface area contributed by atoms with E-state index in [-0.39, 0.29) is 11.7 Å². The maximum atomic E-state index is 13.1. The van der Waals surface area contributed by atoms with Crippen molar-refractivity contribution in [3.63, 3.8) is 0 Å². The van der Waals surface area contributed by atoms with Crippen LogP contribution in [0, 0.1) is 0 Å². The molecule has 6 nitrogen and oxygen atoms in total. The van der Waals surface area contributed by atoms with E-state index in [0.717, 1.165) is 32.9 Å². The second-order valence-electron chi connectivity index (χ2n) is 7.44. The summed E-state index contributed by atoms with van der Waals surface area (Å²) in [7, 11) is 4.78. The molecule has 0 unspecified atom stereocenters. The number of fused-ring (bicyclic) bond motifs is 3. The summed E-state index contributed by atoms with van der Waals surface area (Å²) >= 11 is 0. The topological polar surface area (TPSA) is 77.0 Å². The van der Waals surface area contributed by atoms with Crippen molar-refractivity contribution in [1.29, 1.82) is 0 Å². The van der Waals surface area contributed by atoms with E-state index in [2.05, 4.69) is 5.32 Å². The lowest BCUT2D eigenvalue weighted by Crippen LogP contribution is -2.26. The summed E-state index contributed by atoms with van der Waals surface area (Å²) in [5, 5.41) is 16.3. The van der Waals surface area contributed by atoms with E-state index in [1.807, 2.05) is 42.5 Å². The average molecular weight is 431 g/mol. The first kappa shape index (κ1) is 21.3. The highest BCUT2D eigenvalue weighted by atomic mass is 16.5. The van der Waals surface area contributed by atoms with Crippen molar-refractivity contribution >= 4 is 27.5 Å². The van der Waals surface area contributed by atoms with Crippen LogP contribution >= 0.6 is 0 Å². The van der Waals surface area contributed by atoms with Crippen LogP contribution in [0.3, 0.4) is 0 Å². The number of aromatic hydroxyl groups is 1. The summed E-state index contributed by atoms with van der Waals surface area (Å²) in [5.74, 6) is 1.92. The fourth-order valence-corrected chi connectivity index (χ4v) is 3.87. The molecule has 0 fully saturated rings. The molecule has 0 aromatic heterocycles. The molecule has 0 aliphatic heterocycles. The minimum absolute atomic E-state index is 0.130. The second-order valence-corrected chi connectivity index (χ2v) is 7.44. The molecular weight excluding hydrogens is 406 g/mol. The molecule has 6 heteroatoms. The zero-order chi connectivity index (χ0) is 22.7. The second kappa shape index (κ2) is 9.06. The maximum Gasteiger partial charge on any atom is 0.251 e. The number of phenolic OH excluding ortho intramolecular Hbond substituents is 1. The number of benzene rings is 4. The molecular formula is C26H25NO5. The van der Waals surface area contributed by atoms with Gasteiger partial charge >= 0.3 is 0 Å². The number of amides is 1. The van der Waals surface area contributed by atoms with Crippen LogP contribution < -0.4 is 19.5 Å². The Labute approximate surface area is 186 Å². The van der Waals surface area contributed by atoms with Gasteiger partial charge < -0.3 is 24.6 Å². The van der Waals surface area contributed by atoms with Gasteiger partial charge in [-0.2, -0.15) is 0 Å². The van der Waals surface area contributed by atoms with Gasteiger partial charge in [-0.05, 0) is 82.1 Å². The number of carbonyl (C=O) groups is 1. The summed E-state index contributed by atoms with van der Waals surface area (Å²) in [6.07, 6.45) is 0.701. The molecule has 0 spiro atoms. The largest absolute Gasteiger partial charge is 0.508 e. The van der Waals surface area contributed by atoms with Gasteiger partial charge in [0.15, 0.2) is 11.5 Å². The van der Waals surface area contributed by atoms with Gasteiger partial charge in [0.25, 0.3) is 5.91 Å². The van der Waals surface area contributed by atoms with Gasteiger partial charge in [0, 0.05) is 12.1 Å². The molecule has 4 aromatic rings. The minimum atomic E-state index is -0.175. The molecule has 0 radical (unpaired) electrons. The van der Waals surface area contributed by atoms with Gasteiger partial charge in [0.2, 0.25) is 0 Å². The van der Waals surface area contributed by atoms with Crippen molar-refractivity contribution in [2.75, 3.05) is 27.9 Å². The highest BCUT2D eigenvalue weighted by molar-refractivity contribution is 6.18. The van der Waals surface area contributed by atoms with Crippen molar-refractivity contribution in [3.8, 4) is 23.0 Å². The number of methoxy groups -OCH3 is 3. The predicted octanol–water partition coefficient (Wildman–Crippen LogP) is 4.70. The van der Waals surface area contributed by atoms with Crippen LogP contribution in [0.15, 0.2) is 60.7 Å². The zero-order valence-corrected chi connectivity index (χ0v) is 18.3. The lowest BCUT2D eigenvalue weighted by molar-refractivity contribution is 0.0956. The van der Waals surface area contributed by atoms with Gasteiger partial charge in [-0.1, -0.05) is 12.1 Å². The number of rotatable bonds is 7. The van der Waals surface area contributed by atoms with E-state index in [0.29, 0.717) is 30.0 Å². The van der Waals surface area contributed by atoms with E-state index in [1.54, 1.807) is 39.5 Å². The SMILES string of the molecule is COc1ccc(CCNC(=O)c2cc3cc(OC)c(OC)cc3c3cc(O)ccc23)cc1. The van der Waals surface area contributed by atoms with E-state index in [9.17, 15) is 9.90 Å². The standard InChI is InChI=1S/C26H25NO5/c1-30-19-7-4-16(5-8-19)10-11-27-26(29)23-12-17-13-24(31-2)25(32-3)15-21(17)22-14-18(28)6-9-20(22)23/h4-9,12-15,28H,10-11H2,1-3H3,(H,27,29). The highest BCUT2D eigenvalue weighted by Gasteiger charge is 2.16. The molecule has 0 aliphatic rings. The van der Waals surface area contributed by atoms with Crippen molar-refractivity contribution in [2.24, 2.45) is 0 Å². The van der Waals surface area contributed by atoms with Gasteiger partial charge in [-0.15, -0.1) is 0 Å². The third kappa shape index (κ3) is 4.12. The van der Waals surface area contributed by atoms with Crippen molar-refractivity contribution in [3.05, 3.63) is 71.8 Å². The molecule has 32 heavy (non-hydrogen) atoms. The third-order valence-corrected chi connectivity index (χ3v) is 5.54. The lowest BCUT2D eigenvalue weighted by Gasteiger charge is -2.14. The number of ether oxygens (including phenoxy) is 3. The van der Waals surface area contributed by atoms with Crippen LogP contribution in [0.1, 0.15) is 15.9 Å². The number of hydrogen-bond acceptors (Lipinski definition) is 5. The Morgan fingerprint density at radius 3 is 2.22 bits per heavy atom. The number of hydrogen-bond donors (Lipinski definition) is 2. The van der Waals surface area contributed by atoms with Gasteiger partial charge in [-0.25, -0.2) is 0 Å². The van der Waals surface area contributed by atoms with Crippen molar-refractivity contribution in [1.82, 2.24) is 5.32 Å². The molecule has 2 N–H and O–H groups in total. The van der Waals surface area contributed by atoms with E-state index >= 15 is 0 Å². The van der Waals surface area contributed by atoms with Crippen molar-refractivity contribution < 1.29 is 24.1 Å². The van der Waals surface area contributed by atoms with Gasteiger partial charge in [-0.3, -0.25) is 4.79 Å². The van der Waals surface area contributed by atoms with Gasteiger partial charge in [0.1, 0.15) is 11.5 Å². The normalized spacial score (nSPS) is 10.8. The molecule has 4 aromatic carbocycles. The minimum Gasteiger partial charge on any atom is -0.508 e. The third-order valence-electron chi connectivity index (χ3n) is 5.54. The zero-order valence-electron chi connectivity index (χ0n) is 18.3. The van der Waals surface area contributed by atoms with Crippen LogP contribution in [0.25, 0.3) is 21.5 Å². The summed E-state index contributed by atoms with van der Waals surface area (Å²) in [4.78, 5) is 13.1. The maximum absolute atomic E-state index is 13.1. The monoisotopic (exact) mass is 431 g/mol. The molecule has 0 aliphatic carbocycles. The Bertz CT molecular complexity index is 1280. The van der Waals surface area contributed by atoms with Gasteiger partial charge in [0.05, 0.1) is 21.3 Å². The Hall–Kier alpha value is -3.93. The summed E-state index contributed by atoms with van der Waals surface area (Å²) in [5.41, 5.74) is 1.64. The smallest absolute Gasteiger partial charge is 0.251 e. The molecule has 4 rings (SSSR count). The summed E-state index contributed by atoms with van der Waals surface area (Å²) < 4.78 is 16.0. The fraction of sp³-hybridized carbons (Fsp3) is 0.192. The van der Waals surface area contributed by atoms with Crippen LogP contribution in [-0.4, -0.2) is 38.9 Å². The quantitative estimate of drug-likeness (QED) is 0.415. The molecule has 0 bridgehead atoms. The summed E-state index contributed by atoms with van der Waals surface area (Å²) in [6.45, 7) is 0.495. The van der Waals surface area contributed by atoms with E-state index in [1.165, 1.54) is 0 Å². The lowest BCUT2D eigenvalue weighted by atomic mass is 9.96. The van der Waals surface area contributed by atoms with E-state index < -0.39 is 0 Å². The molecule has 0 heterocycles. The summed E-state index contributed by atoms with van der Waals surface area (Å²) in [6, 6.07) is 18.3. The molecule has 0 atom stereocenters. The van der Waals surface area contributed by atoms with E-state index in [4.69, 9.17) is 14.2 Å². The predicted molar refractivity (Wildman–Crippen MR) is 125 cm³/mol.